The lowest BCUT2D eigenvalue weighted by atomic mass is 9.82. The molecule has 1 heterocycles. The molecule has 0 atom stereocenters. The zero-order chi connectivity index (χ0) is 30.4. The predicted octanol–water partition coefficient (Wildman–Crippen LogP) is 10.5. The Bertz CT molecular complexity index is 2170. The van der Waals surface area contributed by atoms with E-state index >= 15 is 0 Å². The van der Waals surface area contributed by atoms with Gasteiger partial charge < -0.3 is 0 Å². The second-order valence-electron chi connectivity index (χ2n) is 12.1. The molecule has 0 amide bonds. The molecule has 0 aliphatic heterocycles. The third-order valence-electron chi connectivity index (χ3n) is 8.98. The van der Waals surface area contributed by atoms with Gasteiger partial charge in [-0.1, -0.05) is 159 Å². The van der Waals surface area contributed by atoms with Crippen molar-refractivity contribution in [2.45, 2.75) is 19.3 Å². The van der Waals surface area contributed by atoms with Crippen LogP contribution in [0.5, 0.6) is 0 Å². The van der Waals surface area contributed by atoms with E-state index in [0.29, 0.717) is 17.5 Å². The van der Waals surface area contributed by atoms with E-state index in [1.54, 1.807) is 0 Å². The van der Waals surface area contributed by atoms with Crippen LogP contribution in [-0.2, 0) is 5.41 Å². The molecule has 0 radical (unpaired) electrons. The van der Waals surface area contributed by atoms with Gasteiger partial charge in [-0.05, 0) is 50.6 Å². The Kier molecular flexibility index (Phi) is 6.46. The third-order valence-corrected chi connectivity index (χ3v) is 8.98. The molecule has 45 heavy (non-hydrogen) atoms. The quantitative estimate of drug-likeness (QED) is 0.204. The monoisotopic (exact) mass is 577 g/mol. The second kappa shape index (κ2) is 10.8. The maximum Gasteiger partial charge on any atom is 0.164 e. The van der Waals surface area contributed by atoms with Gasteiger partial charge in [-0.2, -0.15) is 0 Å². The van der Waals surface area contributed by atoms with Gasteiger partial charge in [0.2, 0.25) is 0 Å². The normalized spacial score (nSPS) is 12.8. The smallest absolute Gasteiger partial charge is 0.164 e. The number of aromatic nitrogens is 3. The molecule has 0 saturated heterocycles. The minimum atomic E-state index is -0.0340. The molecule has 1 aliphatic carbocycles. The van der Waals surface area contributed by atoms with Crippen LogP contribution in [0.4, 0.5) is 0 Å². The lowest BCUT2D eigenvalue weighted by Gasteiger charge is -2.21. The van der Waals surface area contributed by atoms with Crippen LogP contribution in [0.3, 0.4) is 0 Å². The highest BCUT2D eigenvalue weighted by Gasteiger charge is 2.35. The fourth-order valence-corrected chi connectivity index (χ4v) is 6.60. The van der Waals surface area contributed by atoms with Crippen molar-refractivity contribution < 1.29 is 0 Å². The maximum absolute atomic E-state index is 5.10. The summed E-state index contributed by atoms with van der Waals surface area (Å²) in [7, 11) is 0. The van der Waals surface area contributed by atoms with E-state index in [0.717, 1.165) is 33.4 Å². The van der Waals surface area contributed by atoms with Crippen molar-refractivity contribution in [2.24, 2.45) is 0 Å². The Labute approximate surface area is 264 Å². The van der Waals surface area contributed by atoms with Gasteiger partial charge in [0.25, 0.3) is 0 Å². The Morgan fingerprint density at radius 2 is 0.778 bits per heavy atom. The zero-order valence-corrected chi connectivity index (χ0v) is 25.3. The summed E-state index contributed by atoms with van der Waals surface area (Å²) < 4.78 is 0. The fraction of sp³-hybridized carbons (Fsp3) is 0.0714. The van der Waals surface area contributed by atoms with Gasteiger partial charge in [-0.15, -0.1) is 0 Å². The first-order valence-electron chi connectivity index (χ1n) is 15.4. The first-order chi connectivity index (χ1) is 22.1. The van der Waals surface area contributed by atoms with Crippen LogP contribution >= 0.6 is 0 Å². The highest BCUT2D eigenvalue weighted by Crippen LogP contribution is 2.49. The third kappa shape index (κ3) is 4.74. The van der Waals surface area contributed by atoms with Crippen molar-refractivity contribution in [2.75, 3.05) is 0 Å². The Morgan fingerprint density at radius 1 is 0.333 bits per heavy atom. The van der Waals surface area contributed by atoms with Gasteiger partial charge in [0.1, 0.15) is 0 Å². The van der Waals surface area contributed by atoms with Gasteiger partial charge in [-0.25, -0.2) is 15.0 Å². The minimum absolute atomic E-state index is 0.0340. The van der Waals surface area contributed by atoms with Crippen LogP contribution in [0.15, 0.2) is 152 Å². The van der Waals surface area contributed by atoms with Crippen molar-refractivity contribution in [3.8, 4) is 67.5 Å². The molecule has 1 aliphatic rings. The maximum atomic E-state index is 5.10. The van der Waals surface area contributed by atoms with E-state index in [2.05, 4.69) is 129 Å². The number of rotatable bonds is 5. The van der Waals surface area contributed by atoms with Crippen LogP contribution in [0.25, 0.3) is 67.5 Å². The van der Waals surface area contributed by atoms with Crippen LogP contribution in [0.1, 0.15) is 25.0 Å². The summed E-state index contributed by atoms with van der Waals surface area (Å²) in [6.07, 6.45) is 0. The van der Waals surface area contributed by atoms with E-state index in [4.69, 9.17) is 15.0 Å². The van der Waals surface area contributed by atoms with Crippen LogP contribution in [0, 0.1) is 0 Å². The van der Waals surface area contributed by atoms with Crippen molar-refractivity contribution in [1.29, 1.82) is 0 Å². The average molecular weight is 578 g/mol. The van der Waals surface area contributed by atoms with Gasteiger partial charge in [0.05, 0.1) is 0 Å². The molecule has 0 spiro atoms. The Morgan fingerprint density at radius 3 is 1.47 bits per heavy atom. The summed E-state index contributed by atoms with van der Waals surface area (Å²) in [5.74, 6) is 1.96. The highest BCUT2D eigenvalue weighted by molar-refractivity contribution is 5.88. The molecule has 3 nitrogen and oxygen atoms in total. The summed E-state index contributed by atoms with van der Waals surface area (Å²) in [5, 5.41) is 0. The summed E-state index contributed by atoms with van der Waals surface area (Å²) >= 11 is 0. The number of hydrogen-bond donors (Lipinski definition) is 0. The van der Waals surface area contributed by atoms with Gasteiger partial charge in [0, 0.05) is 22.1 Å². The number of hydrogen-bond acceptors (Lipinski definition) is 3. The molecule has 8 rings (SSSR count). The summed E-state index contributed by atoms with van der Waals surface area (Å²) in [6.45, 7) is 4.63. The van der Waals surface area contributed by atoms with Crippen molar-refractivity contribution in [3.63, 3.8) is 0 Å². The molecular weight excluding hydrogens is 546 g/mol. The van der Waals surface area contributed by atoms with Crippen LogP contribution in [0.2, 0.25) is 0 Å². The van der Waals surface area contributed by atoms with E-state index in [9.17, 15) is 0 Å². The van der Waals surface area contributed by atoms with E-state index in [1.807, 2.05) is 36.4 Å². The highest BCUT2D eigenvalue weighted by atomic mass is 15.0. The van der Waals surface area contributed by atoms with Crippen molar-refractivity contribution >= 4 is 0 Å². The molecule has 0 fully saturated rings. The molecule has 7 aromatic rings. The number of fused-ring (bicyclic) bond motifs is 3. The van der Waals surface area contributed by atoms with Gasteiger partial charge >= 0.3 is 0 Å². The molecule has 0 saturated carbocycles. The van der Waals surface area contributed by atoms with Crippen LogP contribution in [-0.4, -0.2) is 15.0 Å². The molecule has 0 unspecified atom stereocenters. The Balaban J connectivity index is 1.27. The number of benzene rings is 6. The Hall–Kier alpha value is -5.67. The molecular formula is C42H31N3. The SMILES string of the molecule is CC1(C)c2ccccc2-c2cc(-c3ccccc3-c3nc(-c4ccccc4)nc(-c4ccc(-c5ccccc5)cc4)n3)ccc21. The van der Waals surface area contributed by atoms with Gasteiger partial charge in [-0.3, -0.25) is 0 Å². The standard InChI is InChI=1S/C42H31N3/c1-42(2)37-20-12-11-18-34(37)36-27-32(25-26-38(36)42)33-17-9-10-19-35(33)41-44-39(30-15-7-4-8-16-30)43-40(45-41)31-23-21-29(22-24-31)28-13-5-3-6-14-28/h3-27H,1-2H3. The lowest BCUT2D eigenvalue weighted by molar-refractivity contribution is 0.660. The van der Waals surface area contributed by atoms with Crippen molar-refractivity contribution in [3.05, 3.63) is 163 Å². The minimum Gasteiger partial charge on any atom is -0.208 e. The number of nitrogens with zero attached hydrogens (tertiary/aromatic N) is 3. The first-order valence-corrected chi connectivity index (χ1v) is 15.4. The average Bonchev–Trinajstić information content (AvgIpc) is 3.34. The predicted molar refractivity (Wildman–Crippen MR) is 185 cm³/mol. The van der Waals surface area contributed by atoms with Gasteiger partial charge in [0.15, 0.2) is 17.5 Å². The lowest BCUT2D eigenvalue weighted by Crippen LogP contribution is -2.14. The zero-order valence-electron chi connectivity index (χ0n) is 25.3. The largest absolute Gasteiger partial charge is 0.208 e. The van der Waals surface area contributed by atoms with Crippen molar-refractivity contribution in [1.82, 2.24) is 15.0 Å². The molecule has 0 N–H and O–H groups in total. The second-order valence-corrected chi connectivity index (χ2v) is 12.1. The summed E-state index contributed by atoms with van der Waals surface area (Å²) in [5.41, 5.74) is 12.8. The molecule has 214 valence electrons. The van der Waals surface area contributed by atoms with E-state index in [-0.39, 0.29) is 5.41 Å². The van der Waals surface area contributed by atoms with E-state index in [1.165, 1.54) is 27.8 Å². The molecule has 3 heteroatoms. The summed E-state index contributed by atoms with van der Waals surface area (Å²) in [4.78, 5) is 15.1. The molecule has 6 aromatic carbocycles. The fourth-order valence-electron chi connectivity index (χ4n) is 6.60. The topological polar surface area (TPSA) is 38.7 Å². The van der Waals surface area contributed by atoms with Crippen LogP contribution < -0.4 is 0 Å². The van der Waals surface area contributed by atoms with E-state index < -0.39 is 0 Å². The summed E-state index contributed by atoms with van der Waals surface area (Å²) in [6, 6.07) is 53.1. The first kappa shape index (κ1) is 26.9. The molecule has 0 bridgehead atoms. The molecule has 1 aromatic heterocycles.